The van der Waals surface area contributed by atoms with Crippen molar-refractivity contribution in [3.63, 3.8) is 0 Å². The number of piperidine rings is 1. The van der Waals surface area contributed by atoms with E-state index in [-0.39, 0.29) is 0 Å². The monoisotopic (exact) mass is 519 g/mol. The molecular formula is C34H66N2O. The lowest BCUT2D eigenvalue weighted by atomic mass is 9.71. The van der Waals surface area contributed by atoms with E-state index in [0.29, 0.717) is 17.2 Å². The molecule has 37 heavy (non-hydrogen) atoms. The Morgan fingerprint density at radius 1 is 0.622 bits per heavy atom. The Balaban J connectivity index is 1.72. The van der Waals surface area contributed by atoms with Gasteiger partial charge in [0.2, 0.25) is 5.91 Å². The fourth-order valence-electron chi connectivity index (χ4n) is 6.95. The fourth-order valence-corrected chi connectivity index (χ4v) is 6.95. The van der Waals surface area contributed by atoms with E-state index in [4.69, 9.17) is 0 Å². The number of carbonyl (C=O) groups is 1. The molecule has 218 valence electrons. The van der Waals surface area contributed by atoms with Crippen LogP contribution in [0.2, 0.25) is 0 Å². The molecule has 0 aromatic rings. The molecule has 3 nitrogen and oxygen atoms in total. The zero-order chi connectivity index (χ0) is 26.8. The zero-order valence-electron chi connectivity index (χ0n) is 25.8. The second kappa shape index (κ2) is 19.5. The molecule has 0 N–H and O–H groups in total. The third-order valence-electron chi connectivity index (χ3n) is 9.67. The van der Waals surface area contributed by atoms with Crippen LogP contribution in [0, 0.1) is 17.3 Å². The van der Waals surface area contributed by atoms with Crippen molar-refractivity contribution in [1.82, 2.24) is 9.80 Å². The van der Waals surface area contributed by atoms with Crippen LogP contribution < -0.4 is 0 Å². The summed E-state index contributed by atoms with van der Waals surface area (Å²) in [5.41, 5.74) is 0.448. The topological polar surface area (TPSA) is 23.6 Å². The van der Waals surface area contributed by atoms with E-state index < -0.39 is 0 Å². The summed E-state index contributed by atoms with van der Waals surface area (Å²) in [7, 11) is 0. The van der Waals surface area contributed by atoms with Crippen molar-refractivity contribution in [3.8, 4) is 0 Å². The normalized spacial score (nSPS) is 18.5. The molecule has 2 heterocycles. The number of rotatable bonds is 22. The summed E-state index contributed by atoms with van der Waals surface area (Å²) >= 11 is 0. The lowest BCUT2D eigenvalue weighted by Crippen LogP contribution is -2.62. The van der Waals surface area contributed by atoms with Gasteiger partial charge in [-0.3, -0.25) is 4.79 Å². The number of nitrogens with zero attached hydrogens (tertiary/aromatic N) is 2. The highest BCUT2D eigenvalue weighted by Crippen LogP contribution is 2.41. The second-order valence-electron chi connectivity index (χ2n) is 13.2. The van der Waals surface area contributed by atoms with Gasteiger partial charge in [0.05, 0.1) is 0 Å². The van der Waals surface area contributed by atoms with Gasteiger partial charge in [-0.1, -0.05) is 118 Å². The highest BCUT2D eigenvalue weighted by molar-refractivity contribution is 5.77. The Hall–Kier alpha value is -0.570. The molecule has 3 heteroatoms. The minimum Gasteiger partial charge on any atom is -0.341 e. The van der Waals surface area contributed by atoms with Crippen LogP contribution in [0.3, 0.4) is 0 Å². The van der Waals surface area contributed by atoms with E-state index in [1.165, 1.54) is 148 Å². The maximum absolute atomic E-state index is 13.1. The van der Waals surface area contributed by atoms with Gasteiger partial charge in [-0.2, -0.15) is 0 Å². The number of carbonyl (C=O) groups excluding carboxylic acids is 1. The van der Waals surface area contributed by atoms with E-state index in [9.17, 15) is 4.79 Å². The first-order chi connectivity index (χ1) is 18.1. The van der Waals surface area contributed by atoms with Gasteiger partial charge in [-0.15, -0.1) is 0 Å². The maximum Gasteiger partial charge on any atom is 0.222 e. The summed E-state index contributed by atoms with van der Waals surface area (Å²) in [6, 6.07) is 0. The molecule has 1 amide bonds. The Kier molecular flexibility index (Phi) is 17.2. The minimum absolute atomic E-state index is 0.448. The van der Waals surface area contributed by atoms with Gasteiger partial charge in [0.25, 0.3) is 0 Å². The summed E-state index contributed by atoms with van der Waals surface area (Å²) in [5.74, 6) is 1.98. The molecule has 0 aliphatic carbocycles. The molecule has 1 spiro atoms. The van der Waals surface area contributed by atoms with Crippen LogP contribution >= 0.6 is 0 Å². The van der Waals surface area contributed by atoms with Gasteiger partial charge in [0.15, 0.2) is 0 Å². The van der Waals surface area contributed by atoms with Crippen molar-refractivity contribution in [3.05, 3.63) is 0 Å². The highest BCUT2D eigenvalue weighted by Gasteiger charge is 2.46. The van der Waals surface area contributed by atoms with Crippen LogP contribution in [-0.4, -0.2) is 48.4 Å². The molecule has 2 aliphatic heterocycles. The van der Waals surface area contributed by atoms with Crippen molar-refractivity contribution in [2.75, 3.05) is 32.7 Å². The van der Waals surface area contributed by atoms with E-state index in [2.05, 4.69) is 37.5 Å². The number of hydrogen-bond donors (Lipinski definition) is 0. The molecule has 0 radical (unpaired) electrons. The standard InChI is InChI=1S/C34H66N2O/c1-5-9-13-16-20-31(19-12-8-4)27-33(37)36-29-34(30-36)23-25-35(26-24-34)28-32(21-17-14-10-6-2)22-18-15-11-7-3/h31-32H,5-30H2,1-4H3. The van der Waals surface area contributed by atoms with E-state index in [0.717, 1.165) is 25.4 Å². The fraction of sp³-hybridized carbons (Fsp3) is 0.971. The SMILES string of the molecule is CCCCCCC(CCCC)CC(=O)N1CC2(CCN(CC(CCCCCC)CCCCCC)CC2)C1. The maximum atomic E-state index is 13.1. The average molecular weight is 519 g/mol. The van der Waals surface area contributed by atoms with Crippen LogP contribution in [0.5, 0.6) is 0 Å². The van der Waals surface area contributed by atoms with Gasteiger partial charge >= 0.3 is 0 Å². The van der Waals surface area contributed by atoms with Crippen molar-refractivity contribution in [2.24, 2.45) is 17.3 Å². The second-order valence-corrected chi connectivity index (χ2v) is 13.2. The predicted octanol–water partition coefficient (Wildman–Crippen LogP) is 9.63. The summed E-state index contributed by atoms with van der Waals surface area (Å²) < 4.78 is 0. The average Bonchev–Trinajstić information content (AvgIpc) is 2.88. The minimum atomic E-state index is 0.448. The Bertz CT molecular complexity index is 548. The quantitative estimate of drug-likeness (QED) is 0.133. The summed E-state index contributed by atoms with van der Waals surface area (Å²) in [6.45, 7) is 15.2. The largest absolute Gasteiger partial charge is 0.341 e. The van der Waals surface area contributed by atoms with Gasteiger partial charge in [-0.05, 0) is 63.5 Å². The summed E-state index contributed by atoms with van der Waals surface area (Å²) in [5, 5.41) is 0. The van der Waals surface area contributed by atoms with Crippen LogP contribution in [0.1, 0.15) is 163 Å². The molecule has 1 unspecified atom stereocenters. The van der Waals surface area contributed by atoms with Gasteiger partial charge < -0.3 is 9.80 Å². The van der Waals surface area contributed by atoms with E-state index in [1.807, 2.05) is 0 Å². The number of amides is 1. The van der Waals surface area contributed by atoms with Crippen molar-refractivity contribution < 1.29 is 4.79 Å². The Labute approximate surface area is 232 Å². The molecule has 2 fully saturated rings. The highest BCUT2D eigenvalue weighted by atomic mass is 16.2. The first-order valence-electron chi connectivity index (χ1n) is 17.1. The van der Waals surface area contributed by atoms with Gasteiger partial charge in [0, 0.05) is 31.5 Å². The van der Waals surface area contributed by atoms with Gasteiger partial charge in [0.1, 0.15) is 0 Å². The van der Waals surface area contributed by atoms with Crippen LogP contribution in [0.4, 0.5) is 0 Å². The predicted molar refractivity (Wildman–Crippen MR) is 162 cm³/mol. The van der Waals surface area contributed by atoms with Crippen molar-refractivity contribution in [2.45, 2.75) is 163 Å². The van der Waals surface area contributed by atoms with Crippen LogP contribution in [0.15, 0.2) is 0 Å². The molecule has 2 rings (SSSR count). The molecule has 0 aromatic heterocycles. The van der Waals surface area contributed by atoms with E-state index >= 15 is 0 Å². The molecular weight excluding hydrogens is 452 g/mol. The van der Waals surface area contributed by atoms with Crippen LogP contribution in [0.25, 0.3) is 0 Å². The van der Waals surface area contributed by atoms with Crippen LogP contribution in [-0.2, 0) is 4.79 Å². The lowest BCUT2D eigenvalue weighted by Gasteiger charge is -2.54. The number of likely N-dealkylation sites (tertiary alicyclic amines) is 2. The first kappa shape index (κ1) is 32.6. The first-order valence-corrected chi connectivity index (χ1v) is 17.1. The molecule has 1 atom stereocenters. The number of hydrogen-bond acceptors (Lipinski definition) is 2. The Morgan fingerprint density at radius 3 is 1.57 bits per heavy atom. The van der Waals surface area contributed by atoms with Crippen molar-refractivity contribution >= 4 is 5.91 Å². The van der Waals surface area contributed by atoms with Crippen molar-refractivity contribution in [1.29, 1.82) is 0 Å². The lowest BCUT2D eigenvalue weighted by molar-refractivity contribution is -0.148. The zero-order valence-corrected chi connectivity index (χ0v) is 25.8. The van der Waals surface area contributed by atoms with Gasteiger partial charge in [-0.25, -0.2) is 0 Å². The molecule has 2 saturated heterocycles. The molecule has 2 aliphatic rings. The third-order valence-corrected chi connectivity index (χ3v) is 9.67. The Morgan fingerprint density at radius 2 is 1.08 bits per heavy atom. The molecule has 0 aromatic carbocycles. The van der Waals surface area contributed by atoms with E-state index in [1.54, 1.807) is 0 Å². The summed E-state index contributed by atoms with van der Waals surface area (Å²) in [6.07, 6.45) is 27.8. The summed E-state index contributed by atoms with van der Waals surface area (Å²) in [4.78, 5) is 18.1. The molecule has 0 bridgehead atoms. The smallest absolute Gasteiger partial charge is 0.222 e. The third kappa shape index (κ3) is 12.9. The number of unbranched alkanes of at least 4 members (excludes halogenated alkanes) is 10. The molecule has 0 saturated carbocycles.